The molecule has 4 rings (SSSR count). The maximum absolute atomic E-state index is 12.8. The van der Waals surface area contributed by atoms with Gasteiger partial charge in [0.05, 0.1) is 28.3 Å². The van der Waals surface area contributed by atoms with Gasteiger partial charge in [-0.25, -0.2) is 13.0 Å². The van der Waals surface area contributed by atoms with Gasteiger partial charge in [-0.15, -0.1) is 0 Å². The van der Waals surface area contributed by atoms with Gasteiger partial charge in [0.2, 0.25) is 0 Å². The monoisotopic (exact) mass is 375 g/mol. The Morgan fingerprint density at radius 3 is 2.65 bits per heavy atom. The maximum atomic E-state index is 12.8. The van der Waals surface area contributed by atoms with Crippen LogP contribution >= 0.6 is 0 Å². The topological polar surface area (TPSA) is 70.0 Å². The van der Waals surface area contributed by atoms with Crippen LogP contribution in [0.25, 0.3) is 5.52 Å². The first-order valence-corrected chi connectivity index (χ1v) is 10.7. The van der Waals surface area contributed by atoms with E-state index < -0.39 is 11.0 Å². The molecule has 2 aromatic rings. The van der Waals surface area contributed by atoms with Crippen molar-refractivity contribution in [3.8, 4) is 0 Å². The summed E-state index contributed by atoms with van der Waals surface area (Å²) < 4.78 is 15.2. The molecule has 2 aliphatic heterocycles. The number of pyridine rings is 1. The van der Waals surface area contributed by atoms with E-state index in [1.54, 1.807) is 17.0 Å². The number of carbonyl (C=O) groups excluding carboxylic acids is 1. The Morgan fingerprint density at radius 1 is 1.23 bits per heavy atom. The second-order valence-corrected chi connectivity index (χ2v) is 8.43. The molecular weight excluding hydrogens is 350 g/mol. The summed E-state index contributed by atoms with van der Waals surface area (Å²) in [6.07, 6.45) is 9.37. The number of aromatic nitrogens is 2. The van der Waals surface area contributed by atoms with E-state index in [0.29, 0.717) is 5.56 Å². The van der Waals surface area contributed by atoms with Crippen molar-refractivity contribution in [2.75, 3.05) is 37.3 Å². The molecule has 2 saturated heterocycles. The van der Waals surface area contributed by atoms with E-state index in [1.807, 2.05) is 10.5 Å². The number of hydrogen-bond acceptors (Lipinski definition) is 4. The second kappa shape index (κ2) is 7.36. The number of amides is 1. The minimum absolute atomic E-state index is 0.0744. The van der Waals surface area contributed by atoms with E-state index in [9.17, 15) is 9.00 Å². The number of carbonyl (C=O) groups is 1. The van der Waals surface area contributed by atoms with Crippen molar-refractivity contribution in [3.63, 3.8) is 0 Å². The second-order valence-electron chi connectivity index (χ2n) is 7.07. The molecule has 1 unspecified atom stereocenters. The lowest BCUT2D eigenvalue weighted by Crippen LogP contribution is -2.44. The van der Waals surface area contributed by atoms with Crippen LogP contribution in [-0.2, 0) is 11.0 Å². The summed E-state index contributed by atoms with van der Waals surface area (Å²) in [6.45, 7) is 3.65. The minimum Gasteiger partial charge on any atom is -0.371 e. The van der Waals surface area contributed by atoms with Crippen molar-refractivity contribution in [2.45, 2.75) is 31.7 Å². The van der Waals surface area contributed by atoms with Gasteiger partial charge in [-0.05, 0) is 37.8 Å². The van der Waals surface area contributed by atoms with Gasteiger partial charge >= 0.3 is 0 Å². The van der Waals surface area contributed by atoms with Gasteiger partial charge in [0.15, 0.2) is 0 Å². The van der Waals surface area contributed by atoms with E-state index >= 15 is 0 Å². The SMILES string of the molecule is CS(=O)N1CCC(NC(=O)c2cnn3ccc(N4CCCC4)cc23)CC1. The maximum Gasteiger partial charge on any atom is 0.255 e. The summed E-state index contributed by atoms with van der Waals surface area (Å²) >= 11 is 0. The number of anilines is 1. The highest BCUT2D eigenvalue weighted by atomic mass is 32.2. The Balaban J connectivity index is 1.48. The van der Waals surface area contributed by atoms with E-state index in [0.717, 1.165) is 50.2 Å². The first-order chi connectivity index (χ1) is 12.6. The number of piperidine rings is 1. The van der Waals surface area contributed by atoms with E-state index in [1.165, 1.54) is 12.8 Å². The lowest BCUT2D eigenvalue weighted by molar-refractivity contribution is 0.0926. The molecule has 0 saturated carbocycles. The van der Waals surface area contributed by atoms with Gasteiger partial charge in [0.1, 0.15) is 0 Å². The van der Waals surface area contributed by atoms with Crippen molar-refractivity contribution in [3.05, 3.63) is 30.1 Å². The summed E-state index contributed by atoms with van der Waals surface area (Å²) in [4.78, 5) is 15.1. The van der Waals surface area contributed by atoms with Crippen LogP contribution in [-0.4, -0.2) is 62.5 Å². The van der Waals surface area contributed by atoms with E-state index in [2.05, 4.69) is 27.4 Å². The molecule has 4 heterocycles. The third-order valence-electron chi connectivity index (χ3n) is 5.37. The summed E-state index contributed by atoms with van der Waals surface area (Å²) in [5.41, 5.74) is 2.62. The van der Waals surface area contributed by atoms with Crippen LogP contribution in [0.15, 0.2) is 24.5 Å². The molecule has 2 fully saturated rings. The zero-order valence-electron chi connectivity index (χ0n) is 15.1. The van der Waals surface area contributed by atoms with Crippen LogP contribution in [0.1, 0.15) is 36.0 Å². The molecule has 2 aromatic heterocycles. The molecule has 140 valence electrons. The predicted octanol–water partition coefficient (Wildman–Crippen LogP) is 1.42. The lowest BCUT2D eigenvalue weighted by Gasteiger charge is -2.30. The molecule has 0 aromatic carbocycles. The first-order valence-electron chi connectivity index (χ1n) is 9.23. The zero-order chi connectivity index (χ0) is 18.1. The van der Waals surface area contributed by atoms with Crippen LogP contribution in [0.3, 0.4) is 0 Å². The average Bonchev–Trinajstić information content (AvgIpc) is 3.31. The van der Waals surface area contributed by atoms with Gasteiger partial charge in [0.25, 0.3) is 5.91 Å². The number of fused-ring (bicyclic) bond motifs is 1. The Kier molecular flexibility index (Phi) is 4.95. The Bertz CT molecular complexity index is 822. The van der Waals surface area contributed by atoms with E-state index in [4.69, 9.17) is 0 Å². The molecule has 0 radical (unpaired) electrons. The largest absolute Gasteiger partial charge is 0.371 e. The number of nitrogens with zero attached hydrogens (tertiary/aromatic N) is 4. The van der Waals surface area contributed by atoms with Gasteiger partial charge < -0.3 is 10.2 Å². The highest BCUT2D eigenvalue weighted by Gasteiger charge is 2.24. The minimum atomic E-state index is -0.929. The first kappa shape index (κ1) is 17.5. The predicted molar refractivity (Wildman–Crippen MR) is 103 cm³/mol. The van der Waals surface area contributed by atoms with Crippen molar-refractivity contribution in [2.24, 2.45) is 0 Å². The molecule has 0 bridgehead atoms. The van der Waals surface area contributed by atoms with E-state index in [-0.39, 0.29) is 11.9 Å². The molecule has 8 heteroatoms. The van der Waals surface area contributed by atoms with Crippen LogP contribution in [0, 0.1) is 0 Å². The van der Waals surface area contributed by atoms with Gasteiger partial charge in [-0.1, -0.05) is 0 Å². The van der Waals surface area contributed by atoms with Gasteiger partial charge in [0, 0.05) is 50.4 Å². The average molecular weight is 375 g/mol. The fraction of sp³-hybridized carbons (Fsp3) is 0.556. The van der Waals surface area contributed by atoms with Crippen molar-refractivity contribution in [1.29, 1.82) is 0 Å². The normalized spacial score (nSPS) is 20.6. The zero-order valence-corrected chi connectivity index (χ0v) is 15.9. The van der Waals surface area contributed by atoms with Crippen LogP contribution < -0.4 is 10.2 Å². The molecule has 1 amide bonds. The third-order valence-corrected chi connectivity index (χ3v) is 6.47. The highest BCUT2D eigenvalue weighted by Crippen LogP contribution is 2.23. The summed E-state index contributed by atoms with van der Waals surface area (Å²) in [6, 6.07) is 4.25. The molecular formula is C18H25N5O2S. The standard InChI is InChI=1S/C18H25N5O2S/c1-26(25)22-9-4-14(5-10-22)20-18(24)16-13-19-23-11-6-15(12-17(16)23)21-7-2-3-8-21/h6,11-14H,2-5,7-10H2,1H3,(H,20,24). The van der Waals surface area contributed by atoms with Gasteiger partial charge in [-0.2, -0.15) is 5.10 Å². The molecule has 7 nitrogen and oxygen atoms in total. The fourth-order valence-electron chi connectivity index (χ4n) is 3.84. The quantitative estimate of drug-likeness (QED) is 0.878. The molecule has 0 aliphatic carbocycles. The lowest BCUT2D eigenvalue weighted by atomic mass is 10.1. The Labute approximate surface area is 155 Å². The Morgan fingerprint density at radius 2 is 1.96 bits per heavy atom. The van der Waals surface area contributed by atoms with Crippen molar-refractivity contribution < 1.29 is 9.00 Å². The van der Waals surface area contributed by atoms with Gasteiger partial charge in [-0.3, -0.25) is 4.79 Å². The Hall–Kier alpha value is -1.93. The number of hydrogen-bond donors (Lipinski definition) is 1. The summed E-state index contributed by atoms with van der Waals surface area (Å²) in [5, 5.41) is 7.46. The third kappa shape index (κ3) is 3.48. The molecule has 0 spiro atoms. The van der Waals surface area contributed by atoms with Crippen LogP contribution in [0.4, 0.5) is 5.69 Å². The molecule has 2 aliphatic rings. The highest BCUT2D eigenvalue weighted by molar-refractivity contribution is 7.81. The molecule has 26 heavy (non-hydrogen) atoms. The van der Waals surface area contributed by atoms with Crippen molar-refractivity contribution >= 4 is 28.1 Å². The summed E-state index contributed by atoms with van der Waals surface area (Å²) in [7, 11) is -0.929. The molecule has 1 atom stereocenters. The smallest absolute Gasteiger partial charge is 0.255 e. The van der Waals surface area contributed by atoms with Crippen LogP contribution in [0.5, 0.6) is 0 Å². The van der Waals surface area contributed by atoms with Crippen molar-refractivity contribution in [1.82, 2.24) is 19.2 Å². The number of nitrogens with one attached hydrogen (secondary N) is 1. The fourth-order valence-corrected chi connectivity index (χ4v) is 4.56. The molecule has 1 N–H and O–H groups in total. The van der Waals surface area contributed by atoms with Crippen LogP contribution in [0.2, 0.25) is 0 Å². The summed E-state index contributed by atoms with van der Waals surface area (Å²) in [5.74, 6) is -0.0744. The number of rotatable bonds is 4.